The van der Waals surface area contributed by atoms with Gasteiger partial charge in [-0.15, -0.1) is 0 Å². The van der Waals surface area contributed by atoms with E-state index in [4.69, 9.17) is 9.52 Å². The predicted molar refractivity (Wildman–Crippen MR) is 75.1 cm³/mol. The number of carboxylic acids is 1. The minimum atomic E-state index is -4.64. The highest BCUT2D eigenvalue weighted by molar-refractivity contribution is 5.93. The van der Waals surface area contributed by atoms with Crippen LogP contribution in [0.25, 0.3) is 22.2 Å². The first kappa shape index (κ1) is 15.1. The number of halogens is 3. The molecule has 0 aliphatic carbocycles. The molecule has 0 saturated heterocycles. The molecular weight excluding hydrogens is 313 g/mol. The second-order valence-electron chi connectivity index (χ2n) is 4.89. The van der Waals surface area contributed by atoms with Crippen molar-refractivity contribution in [1.29, 1.82) is 0 Å². The Hall–Kier alpha value is -2.77. The van der Waals surface area contributed by atoms with Crippen LogP contribution < -0.4 is 0 Å². The number of aromatic carboxylic acids is 1. The molecule has 0 atom stereocenters. The summed E-state index contributed by atoms with van der Waals surface area (Å²) < 4.78 is 46.3. The van der Waals surface area contributed by atoms with E-state index >= 15 is 0 Å². The van der Waals surface area contributed by atoms with Crippen molar-refractivity contribution in [2.45, 2.75) is 19.6 Å². The van der Waals surface area contributed by atoms with E-state index in [9.17, 15) is 18.0 Å². The van der Waals surface area contributed by atoms with Crippen LogP contribution in [0.15, 0.2) is 35.1 Å². The van der Waals surface area contributed by atoms with Gasteiger partial charge in [0.05, 0.1) is 29.1 Å². The molecule has 0 spiro atoms. The van der Waals surface area contributed by atoms with Gasteiger partial charge in [-0.1, -0.05) is 0 Å². The Balaban J connectivity index is 2.41. The zero-order valence-electron chi connectivity index (χ0n) is 11.9. The van der Waals surface area contributed by atoms with Crippen molar-refractivity contribution in [3.63, 3.8) is 0 Å². The standard InChI is InChI=1S/C15H11F3N2O3/c1-2-20-12-10(15(16,17)18)5-9(8-3-4-23-7-8)6-11(12)19-13(20)14(21)22/h3-7H,2H2,1H3,(H,21,22). The average Bonchev–Trinajstić information content (AvgIpc) is 3.12. The molecule has 0 aliphatic rings. The van der Waals surface area contributed by atoms with Crippen molar-refractivity contribution in [2.75, 3.05) is 0 Å². The molecule has 3 rings (SSSR count). The van der Waals surface area contributed by atoms with Crippen LogP contribution in [0.4, 0.5) is 13.2 Å². The third kappa shape index (κ3) is 2.45. The molecule has 0 bridgehead atoms. The van der Waals surface area contributed by atoms with Gasteiger partial charge in [0.15, 0.2) is 0 Å². The lowest BCUT2D eigenvalue weighted by Crippen LogP contribution is -2.12. The summed E-state index contributed by atoms with van der Waals surface area (Å²) in [7, 11) is 0. The van der Waals surface area contributed by atoms with E-state index in [0.29, 0.717) is 5.56 Å². The number of rotatable bonds is 3. The van der Waals surface area contributed by atoms with Crippen LogP contribution in [0, 0.1) is 0 Å². The lowest BCUT2D eigenvalue weighted by molar-refractivity contribution is -0.136. The maximum absolute atomic E-state index is 13.5. The number of hydrogen-bond acceptors (Lipinski definition) is 3. The molecule has 8 heteroatoms. The third-order valence-corrected chi connectivity index (χ3v) is 3.51. The van der Waals surface area contributed by atoms with Crippen LogP contribution in [0.1, 0.15) is 23.1 Å². The third-order valence-electron chi connectivity index (χ3n) is 3.51. The largest absolute Gasteiger partial charge is 0.475 e. The van der Waals surface area contributed by atoms with Crippen LogP contribution in [0.5, 0.6) is 0 Å². The lowest BCUT2D eigenvalue weighted by atomic mass is 10.0. The SMILES string of the molecule is CCn1c(C(=O)O)nc2cc(-c3ccoc3)cc(C(F)(F)F)c21. The minimum Gasteiger partial charge on any atom is -0.475 e. The van der Waals surface area contributed by atoms with Crippen molar-refractivity contribution < 1.29 is 27.5 Å². The van der Waals surface area contributed by atoms with E-state index in [2.05, 4.69) is 4.98 Å². The van der Waals surface area contributed by atoms with E-state index in [0.717, 1.165) is 10.6 Å². The summed E-state index contributed by atoms with van der Waals surface area (Å²) in [6.45, 7) is 1.63. The van der Waals surface area contributed by atoms with Crippen LogP contribution in [-0.4, -0.2) is 20.6 Å². The summed E-state index contributed by atoms with van der Waals surface area (Å²) in [6, 6.07) is 3.93. The molecule has 0 radical (unpaired) electrons. The number of benzene rings is 1. The number of furan rings is 1. The number of alkyl halides is 3. The van der Waals surface area contributed by atoms with Crippen LogP contribution in [-0.2, 0) is 12.7 Å². The first-order chi connectivity index (χ1) is 10.8. The Morgan fingerprint density at radius 1 is 1.35 bits per heavy atom. The second kappa shape index (κ2) is 5.15. The number of carbonyl (C=O) groups is 1. The van der Waals surface area contributed by atoms with Gasteiger partial charge in [-0.2, -0.15) is 13.2 Å². The van der Waals surface area contributed by atoms with Gasteiger partial charge in [0.1, 0.15) is 0 Å². The Morgan fingerprint density at radius 2 is 2.09 bits per heavy atom. The molecule has 0 amide bonds. The van der Waals surface area contributed by atoms with Gasteiger partial charge >= 0.3 is 12.1 Å². The Morgan fingerprint density at radius 3 is 2.61 bits per heavy atom. The van der Waals surface area contributed by atoms with Crippen molar-refractivity contribution in [1.82, 2.24) is 9.55 Å². The van der Waals surface area contributed by atoms with Gasteiger partial charge in [0.25, 0.3) is 0 Å². The highest BCUT2D eigenvalue weighted by Crippen LogP contribution is 2.38. The number of nitrogens with zero attached hydrogens (tertiary/aromatic N) is 2. The van der Waals surface area contributed by atoms with Crippen molar-refractivity contribution >= 4 is 17.0 Å². The van der Waals surface area contributed by atoms with Gasteiger partial charge in [0, 0.05) is 12.1 Å². The number of aromatic nitrogens is 2. The number of imidazole rings is 1. The highest BCUT2D eigenvalue weighted by Gasteiger charge is 2.36. The molecule has 0 fully saturated rings. The molecule has 120 valence electrons. The number of hydrogen-bond donors (Lipinski definition) is 1. The fraction of sp³-hybridized carbons (Fsp3) is 0.200. The fourth-order valence-electron chi connectivity index (χ4n) is 2.55. The lowest BCUT2D eigenvalue weighted by Gasteiger charge is -2.12. The van der Waals surface area contributed by atoms with Gasteiger partial charge < -0.3 is 14.1 Å². The quantitative estimate of drug-likeness (QED) is 0.789. The number of fused-ring (bicyclic) bond motifs is 1. The summed E-state index contributed by atoms with van der Waals surface area (Å²) in [4.78, 5) is 15.1. The first-order valence-electron chi connectivity index (χ1n) is 6.70. The minimum absolute atomic E-state index is 0.0183. The Bertz CT molecular complexity index is 880. The molecule has 2 aromatic heterocycles. The zero-order chi connectivity index (χ0) is 16.8. The Labute approximate surface area is 128 Å². The summed E-state index contributed by atoms with van der Waals surface area (Å²) in [5.41, 5.74) is -0.454. The van der Waals surface area contributed by atoms with Crippen LogP contribution >= 0.6 is 0 Å². The number of aryl methyl sites for hydroxylation is 1. The Kier molecular flexibility index (Phi) is 3.39. The molecule has 0 saturated carbocycles. The molecule has 5 nitrogen and oxygen atoms in total. The second-order valence-corrected chi connectivity index (χ2v) is 4.89. The molecule has 1 aromatic carbocycles. The summed E-state index contributed by atoms with van der Waals surface area (Å²) in [5.74, 6) is -1.79. The first-order valence-corrected chi connectivity index (χ1v) is 6.70. The van der Waals surface area contributed by atoms with E-state index in [1.54, 1.807) is 6.92 Å². The van der Waals surface area contributed by atoms with E-state index < -0.39 is 23.5 Å². The van der Waals surface area contributed by atoms with Crippen molar-refractivity contribution in [2.24, 2.45) is 0 Å². The van der Waals surface area contributed by atoms with Crippen molar-refractivity contribution in [3.05, 3.63) is 42.1 Å². The van der Waals surface area contributed by atoms with Gasteiger partial charge in [-0.25, -0.2) is 9.78 Å². The van der Waals surface area contributed by atoms with E-state index in [1.807, 2.05) is 0 Å². The van der Waals surface area contributed by atoms with Gasteiger partial charge in [-0.05, 0) is 30.7 Å². The smallest absolute Gasteiger partial charge is 0.418 e. The van der Waals surface area contributed by atoms with Crippen LogP contribution in [0.3, 0.4) is 0 Å². The van der Waals surface area contributed by atoms with E-state index in [1.165, 1.54) is 24.7 Å². The monoisotopic (exact) mass is 324 g/mol. The molecule has 0 aliphatic heterocycles. The van der Waals surface area contributed by atoms with Gasteiger partial charge in [0.2, 0.25) is 5.82 Å². The normalized spacial score (nSPS) is 12.0. The number of carboxylic acid groups (broad SMARTS) is 1. The molecule has 2 heterocycles. The summed E-state index contributed by atoms with van der Waals surface area (Å²) in [5, 5.41) is 9.17. The topological polar surface area (TPSA) is 68.3 Å². The zero-order valence-corrected chi connectivity index (χ0v) is 11.9. The summed E-state index contributed by atoms with van der Waals surface area (Å²) >= 11 is 0. The fourth-order valence-corrected chi connectivity index (χ4v) is 2.55. The summed E-state index contributed by atoms with van der Waals surface area (Å²) in [6.07, 6.45) is -1.98. The maximum atomic E-state index is 13.5. The van der Waals surface area contributed by atoms with Crippen molar-refractivity contribution in [3.8, 4) is 11.1 Å². The molecular formula is C15H11F3N2O3. The maximum Gasteiger partial charge on any atom is 0.418 e. The molecule has 1 N–H and O–H groups in total. The van der Waals surface area contributed by atoms with E-state index in [-0.39, 0.29) is 23.1 Å². The molecule has 0 unspecified atom stereocenters. The van der Waals surface area contributed by atoms with Crippen LogP contribution in [0.2, 0.25) is 0 Å². The highest BCUT2D eigenvalue weighted by atomic mass is 19.4. The average molecular weight is 324 g/mol. The van der Waals surface area contributed by atoms with Gasteiger partial charge in [-0.3, -0.25) is 0 Å². The molecule has 23 heavy (non-hydrogen) atoms. The molecule has 3 aromatic rings. The predicted octanol–water partition coefficient (Wildman–Crippen LogP) is 4.03.